The predicted molar refractivity (Wildman–Crippen MR) is 96.4 cm³/mol. The number of benzene rings is 1. The van der Waals surface area contributed by atoms with Crippen LogP contribution in [-0.4, -0.2) is 25.5 Å². The van der Waals surface area contributed by atoms with Gasteiger partial charge in [-0.15, -0.1) is 21.5 Å². The SMILES string of the molecule is Cc1nc(-c2ccccc2)sc1C(=O)NCc1nnc2ccccn12. The fourth-order valence-corrected chi connectivity index (χ4v) is 3.55. The van der Waals surface area contributed by atoms with Gasteiger partial charge in [-0.25, -0.2) is 4.98 Å². The van der Waals surface area contributed by atoms with Crippen LogP contribution in [0.1, 0.15) is 21.2 Å². The Hall–Kier alpha value is -3.06. The third-order valence-electron chi connectivity index (χ3n) is 3.81. The standard InChI is InChI=1S/C18H15N5OS/c1-12-16(25-18(20-12)13-7-3-2-4-8-13)17(24)19-11-15-22-21-14-9-5-6-10-23(14)15/h2-10H,11H2,1H3,(H,19,24). The van der Waals surface area contributed by atoms with Gasteiger partial charge in [0.1, 0.15) is 9.88 Å². The summed E-state index contributed by atoms with van der Waals surface area (Å²) in [6, 6.07) is 15.5. The van der Waals surface area contributed by atoms with E-state index in [1.165, 1.54) is 11.3 Å². The molecule has 0 saturated heterocycles. The topological polar surface area (TPSA) is 72.2 Å². The van der Waals surface area contributed by atoms with E-state index in [9.17, 15) is 4.79 Å². The molecule has 0 atom stereocenters. The van der Waals surface area contributed by atoms with E-state index in [4.69, 9.17) is 0 Å². The van der Waals surface area contributed by atoms with Crippen molar-refractivity contribution in [2.45, 2.75) is 13.5 Å². The van der Waals surface area contributed by atoms with E-state index < -0.39 is 0 Å². The Kier molecular flexibility index (Phi) is 3.99. The molecule has 4 rings (SSSR count). The van der Waals surface area contributed by atoms with Crippen molar-refractivity contribution in [3.63, 3.8) is 0 Å². The molecule has 3 aromatic heterocycles. The van der Waals surface area contributed by atoms with Crippen LogP contribution in [0.3, 0.4) is 0 Å². The molecule has 0 fully saturated rings. The molecule has 0 aliphatic heterocycles. The first-order valence-electron chi connectivity index (χ1n) is 7.82. The second kappa shape index (κ2) is 6.45. The van der Waals surface area contributed by atoms with Crippen LogP contribution in [0.5, 0.6) is 0 Å². The molecule has 0 radical (unpaired) electrons. The molecule has 1 aromatic carbocycles. The zero-order valence-electron chi connectivity index (χ0n) is 13.5. The number of hydrogen-bond acceptors (Lipinski definition) is 5. The number of fused-ring (bicyclic) bond motifs is 1. The minimum atomic E-state index is -0.148. The first-order valence-corrected chi connectivity index (χ1v) is 8.64. The number of hydrogen-bond donors (Lipinski definition) is 1. The van der Waals surface area contributed by atoms with Crippen LogP contribution in [0.15, 0.2) is 54.7 Å². The molecule has 0 aliphatic rings. The quantitative estimate of drug-likeness (QED) is 0.614. The van der Waals surface area contributed by atoms with Gasteiger partial charge in [0.25, 0.3) is 5.91 Å². The van der Waals surface area contributed by atoms with Crippen LogP contribution >= 0.6 is 11.3 Å². The summed E-state index contributed by atoms with van der Waals surface area (Å²) in [4.78, 5) is 17.7. The minimum Gasteiger partial charge on any atom is -0.344 e. The van der Waals surface area contributed by atoms with Crippen molar-refractivity contribution >= 4 is 22.9 Å². The van der Waals surface area contributed by atoms with Crippen LogP contribution in [0.4, 0.5) is 0 Å². The van der Waals surface area contributed by atoms with Gasteiger partial charge in [0.15, 0.2) is 11.5 Å². The molecule has 0 spiro atoms. The molecule has 0 aliphatic carbocycles. The highest BCUT2D eigenvalue weighted by atomic mass is 32.1. The summed E-state index contributed by atoms with van der Waals surface area (Å²) in [6.45, 7) is 2.16. The van der Waals surface area contributed by atoms with Gasteiger partial charge < -0.3 is 5.32 Å². The molecule has 6 nitrogen and oxygen atoms in total. The van der Waals surface area contributed by atoms with Crippen molar-refractivity contribution in [3.8, 4) is 10.6 Å². The van der Waals surface area contributed by atoms with E-state index in [-0.39, 0.29) is 5.91 Å². The highest BCUT2D eigenvalue weighted by Crippen LogP contribution is 2.27. The molecular formula is C18H15N5OS. The molecule has 4 aromatic rings. The van der Waals surface area contributed by atoms with Crippen molar-refractivity contribution in [2.24, 2.45) is 0 Å². The first-order chi connectivity index (χ1) is 12.2. The lowest BCUT2D eigenvalue weighted by molar-refractivity contribution is 0.0953. The van der Waals surface area contributed by atoms with Crippen LogP contribution in [0, 0.1) is 6.92 Å². The largest absolute Gasteiger partial charge is 0.344 e. The lowest BCUT2D eigenvalue weighted by Crippen LogP contribution is -2.23. The van der Waals surface area contributed by atoms with E-state index in [1.807, 2.05) is 66.1 Å². The second-order valence-electron chi connectivity index (χ2n) is 5.53. The van der Waals surface area contributed by atoms with Gasteiger partial charge in [-0.1, -0.05) is 36.4 Å². The summed E-state index contributed by atoms with van der Waals surface area (Å²) in [5.41, 5.74) is 2.50. The maximum atomic E-state index is 12.5. The summed E-state index contributed by atoms with van der Waals surface area (Å²) in [6.07, 6.45) is 1.88. The van der Waals surface area contributed by atoms with Gasteiger partial charge >= 0.3 is 0 Å². The predicted octanol–water partition coefficient (Wildman–Crippen LogP) is 3.09. The number of pyridine rings is 1. The highest BCUT2D eigenvalue weighted by Gasteiger charge is 2.16. The molecule has 0 bridgehead atoms. The summed E-state index contributed by atoms with van der Waals surface area (Å²) in [5, 5.41) is 12.0. The average molecular weight is 349 g/mol. The summed E-state index contributed by atoms with van der Waals surface area (Å²) >= 11 is 1.40. The fourth-order valence-electron chi connectivity index (χ4n) is 2.56. The lowest BCUT2D eigenvalue weighted by Gasteiger charge is -2.02. The van der Waals surface area contributed by atoms with Crippen LogP contribution in [-0.2, 0) is 6.54 Å². The molecule has 25 heavy (non-hydrogen) atoms. The van der Waals surface area contributed by atoms with E-state index in [2.05, 4.69) is 20.5 Å². The Morgan fingerprint density at radius 3 is 2.76 bits per heavy atom. The zero-order chi connectivity index (χ0) is 17.2. The number of nitrogens with zero attached hydrogens (tertiary/aromatic N) is 4. The Bertz CT molecular complexity index is 1040. The summed E-state index contributed by atoms with van der Waals surface area (Å²) < 4.78 is 1.86. The van der Waals surface area contributed by atoms with Crippen molar-refractivity contribution in [3.05, 3.63) is 71.1 Å². The van der Waals surface area contributed by atoms with Gasteiger partial charge in [-0.3, -0.25) is 9.20 Å². The normalized spacial score (nSPS) is 10.9. The molecule has 0 unspecified atom stereocenters. The van der Waals surface area contributed by atoms with Gasteiger partial charge in [0.05, 0.1) is 12.2 Å². The van der Waals surface area contributed by atoms with Crippen molar-refractivity contribution in [2.75, 3.05) is 0 Å². The number of amides is 1. The van der Waals surface area contributed by atoms with Gasteiger partial charge in [-0.05, 0) is 19.1 Å². The molecule has 7 heteroatoms. The third kappa shape index (κ3) is 3.01. The number of carbonyl (C=O) groups is 1. The zero-order valence-corrected chi connectivity index (χ0v) is 14.3. The number of nitrogens with one attached hydrogen (secondary N) is 1. The van der Waals surface area contributed by atoms with E-state index in [0.29, 0.717) is 17.2 Å². The smallest absolute Gasteiger partial charge is 0.263 e. The Morgan fingerprint density at radius 2 is 1.92 bits per heavy atom. The van der Waals surface area contributed by atoms with Gasteiger partial charge in [0.2, 0.25) is 0 Å². The fraction of sp³-hybridized carbons (Fsp3) is 0.111. The average Bonchev–Trinajstić information content (AvgIpc) is 3.24. The third-order valence-corrected chi connectivity index (χ3v) is 5.02. The maximum Gasteiger partial charge on any atom is 0.263 e. The second-order valence-corrected chi connectivity index (χ2v) is 6.53. The number of rotatable bonds is 4. The molecule has 1 N–H and O–H groups in total. The van der Waals surface area contributed by atoms with Crippen molar-refractivity contribution in [1.29, 1.82) is 0 Å². The van der Waals surface area contributed by atoms with E-state index >= 15 is 0 Å². The van der Waals surface area contributed by atoms with E-state index in [1.54, 1.807) is 0 Å². The number of aromatic nitrogens is 4. The summed E-state index contributed by atoms with van der Waals surface area (Å²) in [7, 11) is 0. The summed E-state index contributed by atoms with van der Waals surface area (Å²) in [5.74, 6) is 0.541. The molecule has 124 valence electrons. The van der Waals surface area contributed by atoms with Crippen molar-refractivity contribution < 1.29 is 4.79 Å². The van der Waals surface area contributed by atoms with E-state index in [0.717, 1.165) is 21.9 Å². The molecular weight excluding hydrogens is 334 g/mol. The lowest BCUT2D eigenvalue weighted by atomic mass is 10.2. The highest BCUT2D eigenvalue weighted by molar-refractivity contribution is 7.17. The van der Waals surface area contributed by atoms with Crippen LogP contribution < -0.4 is 5.32 Å². The molecule has 3 heterocycles. The van der Waals surface area contributed by atoms with Crippen molar-refractivity contribution in [1.82, 2.24) is 24.9 Å². The first kappa shape index (κ1) is 15.5. The Labute approximate surface area is 148 Å². The van der Waals surface area contributed by atoms with Crippen LogP contribution in [0.25, 0.3) is 16.2 Å². The van der Waals surface area contributed by atoms with Gasteiger partial charge in [0, 0.05) is 11.8 Å². The minimum absolute atomic E-state index is 0.148. The molecule has 0 saturated carbocycles. The Balaban J connectivity index is 1.53. The monoisotopic (exact) mass is 349 g/mol. The molecule has 1 amide bonds. The Morgan fingerprint density at radius 1 is 1.12 bits per heavy atom. The van der Waals surface area contributed by atoms with Crippen LogP contribution in [0.2, 0.25) is 0 Å². The number of carbonyl (C=O) groups excluding carboxylic acids is 1. The number of thiazole rings is 1. The number of aryl methyl sites for hydroxylation is 1. The van der Waals surface area contributed by atoms with Gasteiger partial charge in [-0.2, -0.15) is 0 Å². The maximum absolute atomic E-state index is 12.5.